The quantitative estimate of drug-likeness (QED) is 0.510. The summed E-state index contributed by atoms with van der Waals surface area (Å²) in [5, 5.41) is 19.1. The number of hydrogen-bond donors (Lipinski definition) is 1. The molecule has 2 aromatic heterocycles. The monoisotopic (exact) mass is 474 g/mol. The third kappa shape index (κ3) is 3.99. The first-order chi connectivity index (χ1) is 16.5. The highest BCUT2D eigenvalue weighted by Gasteiger charge is 2.50. The van der Waals surface area contributed by atoms with Crippen molar-refractivity contribution in [2.45, 2.75) is 62.2 Å². The second-order valence-corrected chi connectivity index (χ2v) is 12.1. The molecule has 2 saturated carbocycles. The second kappa shape index (κ2) is 8.31. The first-order valence-electron chi connectivity index (χ1n) is 12.3. The van der Waals surface area contributed by atoms with Gasteiger partial charge in [-0.3, -0.25) is 9.78 Å². The van der Waals surface area contributed by atoms with Gasteiger partial charge in [-0.1, -0.05) is 24.3 Å². The average molecular weight is 475 g/mol. The highest BCUT2D eigenvalue weighted by Crippen LogP contribution is 2.53. The van der Waals surface area contributed by atoms with Crippen LogP contribution in [0.25, 0.3) is 11.3 Å². The predicted molar refractivity (Wildman–Crippen MR) is 133 cm³/mol. The Morgan fingerprint density at radius 3 is 2.59 bits per heavy atom. The maximum Gasteiger partial charge on any atom is 0.164 e. The number of thioether (sulfide) groups is 1. The molecule has 6 nitrogen and oxygen atoms in total. The van der Waals surface area contributed by atoms with E-state index >= 15 is 0 Å². The smallest absolute Gasteiger partial charge is 0.164 e. The molecule has 1 aromatic carbocycles. The molecule has 7 heteroatoms. The van der Waals surface area contributed by atoms with E-state index < -0.39 is 0 Å². The van der Waals surface area contributed by atoms with Crippen molar-refractivity contribution < 1.29 is 9.90 Å². The maximum absolute atomic E-state index is 12.3. The highest BCUT2D eigenvalue weighted by atomic mass is 32.2. The number of nitrogens with zero attached hydrogens (tertiary/aromatic N) is 4. The molecule has 0 bridgehead atoms. The number of ketones is 1. The van der Waals surface area contributed by atoms with Crippen molar-refractivity contribution in [3.63, 3.8) is 0 Å². The third-order valence-electron chi connectivity index (χ3n) is 7.63. The van der Waals surface area contributed by atoms with Crippen molar-refractivity contribution in [3.8, 4) is 11.3 Å². The van der Waals surface area contributed by atoms with Crippen LogP contribution in [0.2, 0.25) is 0 Å². The minimum absolute atomic E-state index is 0.0685. The van der Waals surface area contributed by atoms with Crippen molar-refractivity contribution in [2.75, 3.05) is 12.4 Å². The molecule has 176 valence electrons. The maximum atomic E-state index is 12.3. The summed E-state index contributed by atoms with van der Waals surface area (Å²) in [6.45, 7) is 3.14. The lowest BCUT2D eigenvalue weighted by molar-refractivity contribution is 0.0975. The number of aromatic nitrogens is 4. The van der Waals surface area contributed by atoms with E-state index in [1.165, 1.54) is 18.4 Å². The van der Waals surface area contributed by atoms with E-state index in [-0.39, 0.29) is 22.6 Å². The van der Waals surface area contributed by atoms with Crippen LogP contribution in [0.5, 0.6) is 0 Å². The third-order valence-corrected chi connectivity index (χ3v) is 8.98. The number of hydrogen-bond acceptors (Lipinski definition) is 6. The SMILES string of the molecule is CC1(CO)Cc2nnc(C3(c4ccc(-c5ccc(C(=O)CC6CC6)cn5)cc4)CC3)n2CCS1. The van der Waals surface area contributed by atoms with Crippen LogP contribution in [0.1, 0.15) is 66.6 Å². The van der Waals surface area contributed by atoms with Gasteiger partial charge in [0.25, 0.3) is 0 Å². The molecular weight excluding hydrogens is 444 g/mol. The number of carbonyl (C=O) groups is 1. The number of rotatable bonds is 7. The van der Waals surface area contributed by atoms with Gasteiger partial charge in [0.1, 0.15) is 11.6 Å². The Labute approximate surface area is 204 Å². The van der Waals surface area contributed by atoms with Gasteiger partial charge in [0, 0.05) is 47.2 Å². The first-order valence-corrected chi connectivity index (χ1v) is 13.3. The summed E-state index contributed by atoms with van der Waals surface area (Å²) in [5.74, 6) is 3.80. The lowest BCUT2D eigenvalue weighted by atomic mass is 9.93. The van der Waals surface area contributed by atoms with Crippen LogP contribution in [0.3, 0.4) is 0 Å². The van der Waals surface area contributed by atoms with Crippen molar-refractivity contribution >= 4 is 17.5 Å². The number of aliphatic hydroxyl groups excluding tert-OH is 1. The van der Waals surface area contributed by atoms with Crippen molar-refractivity contribution in [1.82, 2.24) is 19.7 Å². The van der Waals surface area contributed by atoms with E-state index in [4.69, 9.17) is 0 Å². The topological polar surface area (TPSA) is 80.9 Å². The molecule has 0 spiro atoms. The van der Waals surface area contributed by atoms with Gasteiger partial charge in [0.05, 0.1) is 17.7 Å². The summed E-state index contributed by atoms with van der Waals surface area (Å²) in [6.07, 6.45) is 7.63. The van der Waals surface area contributed by atoms with Crippen molar-refractivity contribution in [2.24, 2.45) is 5.92 Å². The molecule has 0 radical (unpaired) electrons. The number of fused-ring (bicyclic) bond motifs is 1. The van der Waals surface area contributed by atoms with E-state index in [1.54, 1.807) is 6.20 Å². The van der Waals surface area contributed by atoms with Gasteiger partial charge in [0.2, 0.25) is 0 Å². The zero-order chi connectivity index (χ0) is 23.3. The summed E-state index contributed by atoms with van der Waals surface area (Å²) in [6, 6.07) is 12.5. The molecule has 0 amide bonds. The highest BCUT2D eigenvalue weighted by molar-refractivity contribution is 8.00. The Kier molecular flexibility index (Phi) is 5.37. The van der Waals surface area contributed by atoms with Gasteiger partial charge in [-0.05, 0) is 56.2 Å². The van der Waals surface area contributed by atoms with Gasteiger partial charge in [-0.25, -0.2) is 0 Å². The summed E-state index contributed by atoms with van der Waals surface area (Å²) >= 11 is 1.82. The summed E-state index contributed by atoms with van der Waals surface area (Å²) in [4.78, 5) is 16.9. The molecule has 6 rings (SSSR count). The molecule has 1 N–H and O–H groups in total. The molecule has 1 atom stereocenters. The lowest BCUT2D eigenvalue weighted by Crippen LogP contribution is -2.28. The minimum atomic E-state index is -0.192. The van der Waals surface area contributed by atoms with Gasteiger partial charge in [-0.2, -0.15) is 11.8 Å². The molecule has 3 aliphatic rings. The second-order valence-electron chi connectivity index (χ2n) is 10.4. The number of Topliss-reactive ketones (excluding diaryl/α,β-unsaturated/α-hetero) is 1. The molecular formula is C27H30N4O2S. The molecule has 34 heavy (non-hydrogen) atoms. The van der Waals surface area contributed by atoms with Crippen LogP contribution >= 0.6 is 11.8 Å². The van der Waals surface area contributed by atoms with E-state index in [2.05, 4.69) is 50.9 Å². The standard InChI is InChI=1S/C27H30N4O2S/c1-26(17-32)15-24-29-30-25(31(24)12-13-34-26)27(10-11-27)21-7-4-19(5-8-21)22-9-6-20(16-28-22)23(33)14-18-2-3-18/h4-9,16,18,32H,2-3,10-15,17H2,1H3. The van der Waals surface area contributed by atoms with E-state index in [1.807, 2.05) is 23.9 Å². The average Bonchev–Trinajstić information content (AvgIpc) is 3.79. The number of benzene rings is 1. The van der Waals surface area contributed by atoms with Crippen LogP contribution in [-0.2, 0) is 18.4 Å². The minimum Gasteiger partial charge on any atom is -0.395 e. The van der Waals surface area contributed by atoms with Crippen LogP contribution in [0.15, 0.2) is 42.6 Å². The van der Waals surface area contributed by atoms with Crippen LogP contribution < -0.4 is 0 Å². The van der Waals surface area contributed by atoms with Crippen molar-refractivity contribution in [3.05, 3.63) is 65.4 Å². The molecule has 0 saturated heterocycles. The molecule has 3 aromatic rings. The zero-order valence-electron chi connectivity index (χ0n) is 19.5. The summed E-state index contributed by atoms with van der Waals surface area (Å²) in [7, 11) is 0. The normalized spacial score (nSPS) is 23.2. The van der Waals surface area contributed by atoms with E-state index in [9.17, 15) is 9.90 Å². The molecule has 1 aliphatic heterocycles. The van der Waals surface area contributed by atoms with Crippen LogP contribution in [0, 0.1) is 5.92 Å². The number of aliphatic hydroxyl groups is 1. The predicted octanol–water partition coefficient (Wildman–Crippen LogP) is 4.44. The van der Waals surface area contributed by atoms with Gasteiger partial charge in [-0.15, -0.1) is 10.2 Å². The van der Waals surface area contributed by atoms with E-state index in [0.717, 1.165) is 54.5 Å². The Morgan fingerprint density at radius 1 is 1.15 bits per heavy atom. The van der Waals surface area contributed by atoms with Gasteiger partial charge < -0.3 is 9.67 Å². The fourth-order valence-corrected chi connectivity index (χ4v) is 6.17. The largest absolute Gasteiger partial charge is 0.395 e. The Morgan fingerprint density at radius 2 is 1.94 bits per heavy atom. The fourth-order valence-electron chi connectivity index (χ4n) is 5.08. The summed E-state index contributed by atoms with van der Waals surface area (Å²) in [5.41, 5.74) is 3.85. The Bertz CT molecular complexity index is 1210. The zero-order valence-corrected chi connectivity index (χ0v) is 20.4. The molecule has 1 unspecified atom stereocenters. The van der Waals surface area contributed by atoms with E-state index in [0.29, 0.717) is 17.9 Å². The van der Waals surface area contributed by atoms with Gasteiger partial charge in [0.15, 0.2) is 5.78 Å². The van der Waals surface area contributed by atoms with Crippen LogP contribution in [-0.4, -0.2) is 47.7 Å². The lowest BCUT2D eigenvalue weighted by Gasteiger charge is -2.23. The Balaban J connectivity index is 1.22. The molecule has 2 fully saturated rings. The first kappa shape index (κ1) is 22.0. The summed E-state index contributed by atoms with van der Waals surface area (Å²) < 4.78 is 2.11. The number of pyridine rings is 1. The van der Waals surface area contributed by atoms with Crippen molar-refractivity contribution in [1.29, 1.82) is 0 Å². The van der Waals surface area contributed by atoms with Crippen LogP contribution in [0.4, 0.5) is 0 Å². The molecule has 3 heterocycles. The fraction of sp³-hybridized carbons (Fsp3) is 0.481. The Hall–Kier alpha value is -2.51. The number of carbonyl (C=O) groups excluding carboxylic acids is 1. The van der Waals surface area contributed by atoms with Gasteiger partial charge >= 0.3 is 0 Å². The molecule has 2 aliphatic carbocycles.